The van der Waals surface area contributed by atoms with Crippen molar-refractivity contribution < 1.29 is 8.42 Å². The van der Waals surface area contributed by atoms with E-state index in [0.29, 0.717) is 30.1 Å². The topological polar surface area (TPSA) is 61.2 Å². The minimum absolute atomic E-state index is 0.0109. The molecular formula is C15H22N2O2S. The zero-order valence-electron chi connectivity index (χ0n) is 12.3. The lowest BCUT2D eigenvalue weighted by atomic mass is 10.1. The van der Waals surface area contributed by atoms with Crippen LogP contribution >= 0.6 is 0 Å². The second kappa shape index (κ2) is 7.41. The number of nitrogens with zero attached hydrogens (tertiary/aromatic N) is 2. The van der Waals surface area contributed by atoms with Crippen molar-refractivity contribution in [2.75, 3.05) is 13.1 Å². The molecule has 1 unspecified atom stereocenters. The van der Waals surface area contributed by atoms with E-state index < -0.39 is 10.0 Å². The summed E-state index contributed by atoms with van der Waals surface area (Å²) in [5, 5.41) is 8.74. The van der Waals surface area contributed by atoms with Gasteiger partial charge in [0.15, 0.2) is 0 Å². The first-order valence-corrected chi connectivity index (χ1v) is 8.50. The van der Waals surface area contributed by atoms with Crippen molar-refractivity contribution in [1.29, 1.82) is 5.26 Å². The van der Waals surface area contributed by atoms with Crippen LogP contribution in [0.2, 0.25) is 0 Å². The molecule has 0 saturated carbocycles. The highest BCUT2D eigenvalue weighted by Crippen LogP contribution is 2.14. The van der Waals surface area contributed by atoms with Crippen LogP contribution < -0.4 is 0 Å². The van der Waals surface area contributed by atoms with Crippen molar-refractivity contribution in [3.05, 3.63) is 35.4 Å². The van der Waals surface area contributed by atoms with Crippen molar-refractivity contribution in [2.45, 2.75) is 32.9 Å². The Kier molecular flexibility index (Phi) is 6.18. The van der Waals surface area contributed by atoms with Crippen LogP contribution in [0.25, 0.3) is 0 Å². The van der Waals surface area contributed by atoms with Gasteiger partial charge >= 0.3 is 0 Å². The zero-order chi connectivity index (χ0) is 15.2. The number of hydrogen-bond acceptors (Lipinski definition) is 3. The standard InChI is InChI=1S/C15H22N2O2S/c1-4-13(3)11-17(5-2)20(18,19)12-15-8-6-14(10-16)7-9-15/h6-9,13H,4-5,11-12H2,1-3H3. The molecule has 0 heterocycles. The summed E-state index contributed by atoms with van der Waals surface area (Å²) in [5.41, 5.74) is 1.25. The predicted molar refractivity (Wildman–Crippen MR) is 80.5 cm³/mol. The molecule has 5 heteroatoms. The summed E-state index contributed by atoms with van der Waals surface area (Å²) >= 11 is 0. The van der Waals surface area contributed by atoms with Crippen molar-refractivity contribution in [3.63, 3.8) is 0 Å². The van der Waals surface area contributed by atoms with Gasteiger partial charge in [0.2, 0.25) is 10.0 Å². The van der Waals surface area contributed by atoms with Crippen molar-refractivity contribution in [3.8, 4) is 6.07 Å². The fourth-order valence-corrected chi connectivity index (χ4v) is 3.56. The second-order valence-electron chi connectivity index (χ2n) is 5.03. The van der Waals surface area contributed by atoms with E-state index >= 15 is 0 Å². The molecule has 0 fully saturated rings. The predicted octanol–water partition coefficient (Wildman–Crippen LogP) is 2.76. The monoisotopic (exact) mass is 294 g/mol. The molecular weight excluding hydrogens is 272 g/mol. The molecule has 0 spiro atoms. The van der Waals surface area contributed by atoms with Crippen molar-refractivity contribution >= 4 is 10.0 Å². The fraction of sp³-hybridized carbons (Fsp3) is 0.533. The van der Waals surface area contributed by atoms with Gasteiger partial charge in [-0.2, -0.15) is 5.26 Å². The third-order valence-corrected chi connectivity index (χ3v) is 5.28. The Labute approximate surface area is 122 Å². The van der Waals surface area contributed by atoms with E-state index in [-0.39, 0.29) is 5.75 Å². The van der Waals surface area contributed by atoms with Crippen LogP contribution in [0.15, 0.2) is 24.3 Å². The van der Waals surface area contributed by atoms with Crippen LogP contribution in [0.3, 0.4) is 0 Å². The number of sulfonamides is 1. The van der Waals surface area contributed by atoms with Crippen LogP contribution in [-0.2, 0) is 15.8 Å². The number of hydrogen-bond donors (Lipinski definition) is 0. The van der Waals surface area contributed by atoms with Gasteiger partial charge in [-0.15, -0.1) is 0 Å². The summed E-state index contributed by atoms with van der Waals surface area (Å²) in [6.45, 7) is 7.03. The Bertz CT molecular complexity index is 559. The zero-order valence-corrected chi connectivity index (χ0v) is 13.2. The van der Waals surface area contributed by atoms with Crippen LogP contribution in [-0.4, -0.2) is 25.8 Å². The maximum absolute atomic E-state index is 12.4. The molecule has 0 radical (unpaired) electrons. The summed E-state index contributed by atoms with van der Waals surface area (Å²) in [4.78, 5) is 0. The average Bonchev–Trinajstić information content (AvgIpc) is 2.44. The van der Waals surface area contributed by atoms with Crippen LogP contribution in [0, 0.1) is 17.2 Å². The van der Waals surface area contributed by atoms with E-state index in [9.17, 15) is 8.42 Å². The van der Waals surface area contributed by atoms with E-state index in [1.807, 2.05) is 13.0 Å². The SMILES string of the molecule is CCC(C)CN(CC)S(=O)(=O)Cc1ccc(C#N)cc1. The Morgan fingerprint density at radius 3 is 2.30 bits per heavy atom. The van der Waals surface area contributed by atoms with Gasteiger partial charge in [0.05, 0.1) is 17.4 Å². The van der Waals surface area contributed by atoms with E-state index in [0.717, 1.165) is 6.42 Å². The maximum Gasteiger partial charge on any atom is 0.218 e. The van der Waals surface area contributed by atoms with Gasteiger partial charge in [-0.1, -0.05) is 39.3 Å². The highest BCUT2D eigenvalue weighted by Gasteiger charge is 2.22. The molecule has 0 amide bonds. The first kappa shape index (κ1) is 16.7. The van der Waals surface area contributed by atoms with Gasteiger partial charge in [-0.3, -0.25) is 0 Å². The van der Waals surface area contributed by atoms with Gasteiger partial charge in [-0.05, 0) is 23.6 Å². The van der Waals surface area contributed by atoms with E-state index in [4.69, 9.17) is 5.26 Å². The van der Waals surface area contributed by atoms with Gasteiger partial charge in [0.25, 0.3) is 0 Å². The minimum Gasteiger partial charge on any atom is -0.212 e. The lowest BCUT2D eigenvalue weighted by Crippen LogP contribution is -2.35. The summed E-state index contributed by atoms with van der Waals surface area (Å²) in [6, 6.07) is 8.73. The molecule has 0 aliphatic rings. The highest BCUT2D eigenvalue weighted by atomic mass is 32.2. The second-order valence-corrected chi connectivity index (χ2v) is 7.00. The summed E-state index contributed by atoms with van der Waals surface area (Å²) in [7, 11) is -3.30. The normalized spacial score (nSPS) is 13.2. The fourth-order valence-electron chi connectivity index (χ4n) is 1.89. The molecule has 110 valence electrons. The molecule has 0 aliphatic heterocycles. The number of nitriles is 1. The minimum atomic E-state index is -3.30. The van der Waals surface area contributed by atoms with E-state index in [1.165, 1.54) is 0 Å². The molecule has 0 N–H and O–H groups in total. The summed E-state index contributed by atoms with van der Waals surface area (Å²) < 4.78 is 26.3. The summed E-state index contributed by atoms with van der Waals surface area (Å²) in [5.74, 6) is 0.342. The van der Waals surface area contributed by atoms with Crippen molar-refractivity contribution in [1.82, 2.24) is 4.31 Å². The maximum atomic E-state index is 12.4. The van der Waals surface area contributed by atoms with Crippen molar-refractivity contribution in [2.24, 2.45) is 5.92 Å². The van der Waals surface area contributed by atoms with E-state index in [2.05, 4.69) is 13.8 Å². The molecule has 0 saturated heterocycles. The molecule has 0 aliphatic carbocycles. The smallest absolute Gasteiger partial charge is 0.212 e. The van der Waals surface area contributed by atoms with Crippen LogP contribution in [0.1, 0.15) is 38.3 Å². The van der Waals surface area contributed by atoms with E-state index in [1.54, 1.807) is 28.6 Å². The molecule has 0 bridgehead atoms. The Hall–Kier alpha value is -1.38. The molecule has 4 nitrogen and oxygen atoms in total. The third-order valence-electron chi connectivity index (χ3n) is 3.39. The lowest BCUT2D eigenvalue weighted by Gasteiger charge is -2.23. The lowest BCUT2D eigenvalue weighted by molar-refractivity contribution is 0.361. The van der Waals surface area contributed by atoms with Gasteiger partial charge in [0.1, 0.15) is 0 Å². The largest absolute Gasteiger partial charge is 0.218 e. The molecule has 1 aromatic carbocycles. The molecule has 1 rings (SSSR count). The van der Waals surface area contributed by atoms with Crippen LogP contribution in [0.4, 0.5) is 0 Å². The molecule has 20 heavy (non-hydrogen) atoms. The van der Waals surface area contributed by atoms with Gasteiger partial charge < -0.3 is 0 Å². The van der Waals surface area contributed by atoms with Crippen LogP contribution in [0.5, 0.6) is 0 Å². The first-order chi connectivity index (χ1) is 9.42. The quantitative estimate of drug-likeness (QED) is 0.777. The van der Waals surface area contributed by atoms with Gasteiger partial charge in [-0.25, -0.2) is 12.7 Å². The first-order valence-electron chi connectivity index (χ1n) is 6.89. The molecule has 1 atom stereocenters. The third kappa shape index (κ3) is 4.62. The molecule has 0 aromatic heterocycles. The van der Waals surface area contributed by atoms with Gasteiger partial charge in [0, 0.05) is 13.1 Å². The number of benzene rings is 1. The highest BCUT2D eigenvalue weighted by molar-refractivity contribution is 7.88. The molecule has 1 aromatic rings. The number of rotatable bonds is 7. The Morgan fingerprint density at radius 1 is 1.25 bits per heavy atom. The Balaban J connectivity index is 2.83. The average molecular weight is 294 g/mol. The summed E-state index contributed by atoms with van der Waals surface area (Å²) in [6.07, 6.45) is 0.961. The Morgan fingerprint density at radius 2 is 1.85 bits per heavy atom.